The van der Waals surface area contributed by atoms with Crippen LogP contribution in [0.2, 0.25) is 0 Å². The molecule has 0 saturated heterocycles. The van der Waals surface area contributed by atoms with Crippen LogP contribution in [-0.4, -0.2) is 0 Å². The van der Waals surface area contributed by atoms with Crippen molar-refractivity contribution in [3.8, 4) is 0 Å². The minimum Gasteiger partial charge on any atom is -0.271 e. The average molecular weight is 333 g/mol. The lowest BCUT2D eigenvalue weighted by Crippen LogP contribution is -2.38. The topological polar surface area (TPSA) is 38.0 Å². The number of nitrogens with two attached hydrogens (primary N) is 1. The van der Waals surface area contributed by atoms with Gasteiger partial charge in [0.05, 0.1) is 10.5 Å². The maximum atomic E-state index is 14.2. The molecule has 1 aliphatic rings. The molecule has 19 heavy (non-hydrogen) atoms. The van der Waals surface area contributed by atoms with Crippen molar-refractivity contribution < 1.29 is 8.78 Å². The Morgan fingerprint density at radius 3 is 2.63 bits per heavy atom. The fourth-order valence-electron chi connectivity index (χ4n) is 3.20. The van der Waals surface area contributed by atoms with Gasteiger partial charge in [0.25, 0.3) is 0 Å². The van der Waals surface area contributed by atoms with Crippen molar-refractivity contribution in [1.29, 1.82) is 0 Å². The van der Waals surface area contributed by atoms with Gasteiger partial charge in [-0.15, -0.1) is 0 Å². The third-order valence-corrected chi connectivity index (χ3v) is 4.92. The summed E-state index contributed by atoms with van der Waals surface area (Å²) in [7, 11) is 0. The van der Waals surface area contributed by atoms with E-state index >= 15 is 0 Å². The first kappa shape index (κ1) is 14.9. The molecule has 1 saturated carbocycles. The Morgan fingerprint density at radius 2 is 2.11 bits per heavy atom. The van der Waals surface area contributed by atoms with Gasteiger partial charge in [-0.2, -0.15) is 0 Å². The lowest BCUT2D eigenvalue weighted by molar-refractivity contribution is 0.192. The van der Waals surface area contributed by atoms with Crippen LogP contribution in [0.4, 0.5) is 8.78 Å². The number of hydrazine groups is 1. The Morgan fingerprint density at radius 1 is 1.42 bits per heavy atom. The molecule has 2 atom stereocenters. The summed E-state index contributed by atoms with van der Waals surface area (Å²) in [5.41, 5.74) is 2.69. The minimum atomic E-state index is -0.564. The number of hydrogen-bond donors (Lipinski definition) is 2. The van der Waals surface area contributed by atoms with E-state index in [0.29, 0.717) is 0 Å². The van der Waals surface area contributed by atoms with Crippen LogP contribution in [0.1, 0.15) is 44.7 Å². The van der Waals surface area contributed by atoms with Crippen LogP contribution in [0.15, 0.2) is 16.6 Å². The molecule has 0 spiro atoms. The van der Waals surface area contributed by atoms with Crippen molar-refractivity contribution in [3.05, 3.63) is 33.8 Å². The number of rotatable bonds is 3. The Labute approximate surface area is 120 Å². The first-order chi connectivity index (χ1) is 8.88. The molecular weight excluding hydrogens is 314 g/mol. The molecule has 106 valence electrons. The van der Waals surface area contributed by atoms with Crippen molar-refractivity contribution in [2.75, 3.05) is 0 Å². The van der Waals surface area contributed by atoms with Gasteiger partial charge in [-0.05, 0) is 52.2 Å². The SMILES string of the molecule is CC1(C)CCCC1C(NN)c1c(F)ccc(Br)c1F. The van der Waals surface area contributed by atoms with Gasteiger partial charge in [0.2, 0.25) is 0 Å². The second kappa shape index (κ2) is 5.46. The first-order valence-corrected chi connectivity index (χ1v) is 7.27. The summed E-state index contributed by atoms with van der Waals surface area (Å²) < 4.78 is 28.5. The summed E-state index contributed by atoms with van der Waals surface area (Å²) >= 11 is 3.10. The van der Waals surface area contributed by atoms with E-state index in [2.05, 4.69) is 35.2 Å². The largest absolute Gasteiger partial charge is 0.271 e. The number of hydrogen-bond acceptors (Lipinski definition) is 2. The van der Waals surface area contributed by atoms with Crippen LogP contribution in [0.5, 0.6) is 0 Å². The predicted molar refractivity (Wildman–Crippen MR) is 75.2 cm³/mol. The number of nitrogens with one attached hydrogen (secondary N) is 1. The van der Waals surface area contributed by atoms with Crippen molar-refractivity contribution in [1.82, 2.24) is 5.43 Å². The molecule has 0 aliphatic heterocycles. The fourth-order valence-corrected chi connectivity index (χ4v) is 3.55. The van der Waals surface area contributed by atoms with Gasteiger partial charge < -0.3 is 0 Å². The Balaban J connectivity index is 2.46. The lowest BCUT2D eigenvalue weighted by Gasteiger charge is -2.34. The van der Waals surface area contributed by atoms with E-state index in [0.717, 1.165) is 19.3 Å². The van der Waals surface area contributed by atoms with E-state index < -0.39 is 17.7 Å². The normalized spacial score (nSPS) is 23.6. The van der Waals surface area contributed by atoms with E-state index in [-0.39, 0.29) is 21.4 Å². The summed E-state index contributed by atoms with van der Waals surface area (Å²) in [4.78, 5) is 0. The molecule has 3 N–H and O–H groups in total. The van der Waals surface area contributed by atoms with Crippen LogP contribution >= 0.6 is 15.9 Å². The van der Waals surface area contributed by atoms with E-state index in [9.17, 15) is 8.78 Å². The number of halogens is 3. The zero-order valence-electron chi connectivity index (χ0n) is 11.1. The monoisotopic (exact) mass is 332 g/mol. The Bertz CT molecular complexity index is 477. The molecular formula is C14H19BrF2N2. The van der Waals surface area contributed by atoms with E-state index in [1.807, 2.05) is 0 Å². The van der Waals surface area contributed by atoms with E-state index in [1.165, 1.54) is 12.1 Å². The summed E-state index contributed by atoms with van der Waals surface area (Å²) in [6.45, 7) is 4.26. The molecule has 1 aliphatic carbocycles. The second-order valence-corrected chi connectivity index (χ2v) is 6.74. The van der Waals surface area contributed by atoms with Crippen molar-refractivity contribution in [2.45, 2.75) is 39.2 Å². The molecule has 2 unspecified atom stereocenters. The third kappa shape index (κ3) is 2.69. The molecule has 0 aromatic heterocycles. The Hall–Kier alpha value is -0.520. The van der Waals surface area contributed by atoms with Gasteiger partial charge in [-0.3, -0.25) is 11.3 Å². The zero-order chi connectivity index (χ0) is 14.2. The molecule has 0 bridgehead atoms. The maximum absolute atomic E-state index is 14.2. The van der Waals surface area contributed by atoms with Crippen LogP contribution in [0.3, 0.4) is 0 Å². The highest BCUT2D eigenvalue weighted by atomic mass is 79.9. The molecule has 1 aromatic carbocycles. The van der Waals surface area contributed by atoms with Crippen LogP contribution in [-0.2, 0) is 0 Å². The lowest BCUT2D eigenvalue weighted by atomic mass is 9.75. The summed E-state index contributed by atoms with van der Waals surface area (Å²) in [6, 6.07) is 2.14. The molecule has 0 amide bonds. The van der Waals surface area contributed by atoms with Gasteiger partial charge in [0.15, 0.2) is 0 Å². The quantitative estimate of drug-likeness (QED) is 0.497. The summed E-state index contributed by atoms with van der Waals surface area (Å²) in [6.07, 6.45) is 3.04. The van der Waals surface area contributed by atoms with Gasteiger partial charge in [0, 0.05) is 5.56 Å². The molecule has 0 radical (unpaired) electrons. The highest BCUT2D eigenvalue weighted by Gasteiger charge is 2.41. The van der Waals surface area contributed by atoms with Gasteiger partial charge in [-0.1, -0.05) is 20.3 Å². The third-order valence-electron chi connectivity index (χ3n) is 4.31. The van der Waals surface area contributed by atoms with Crippen LogP contribution < -0.4 is 11.3 Å². The fraction of sp³-hybridized carbons (Fsp3) is 0.571. The highest BCUT2D eigenvalue weighted by molar-refractivity contribution is 9.10. The van der Waals surface area contributed by atoms with Crippen molar-refractivity contribution in [2.24, 2.45) is 17.2 Å². The zero-order valence-corrected chi connectivity index (χ0v) is 12.7. The molecule has 2 rings (SSSR count). The first-order valence-electron chi connectivity index (χ1n) is 6.48. The second-order valence-electron chi connectivity index (χ2n) is 5.89. The van der Waals surface area contributed by atoms with Gasteiger partial charge in [-0.25, -0.2) is 8.78 Å². The van der Waals surface area contributed by atoms with Crippen LogP contribution in [0.25, 0.3) is 0 Å². The minimum absolute atomic E-state index is 0.0260. The van der Waals surface area contributed by atoms with Crippen molar-refractivity contribution >= 4 is 15.9 Å². The molecule has 0 heterocycles. The maximum Gasteiger partial charge on any atom is 0.145 e. The standard InChI is InChI=1S/C14H19BrF2N2/c1-14(2)7-3-4-8(14)13(19-18)11-10(16)6-5-9(15)12(11)17/h5-6,8,13,19H,3-4,7,18H2,1-2H3. The predicted octanol–water partition coefficient (Wildman–Crippen LogP) is 4.06. The van der Waals surface area contributed by atoms with Crippen molar-refractivity contribution in [3.63, 3.8) is 0 Å². The number of benzene rings is 1. The summed E-state index contributed by atoms with van der Waals surface area (Å²) in [5.74, 6) is 4.60. The Kier molecular flexibility index (Phi) is 4.28. The molecule has 2 nitrogen and oxygen atoms in total. The van der Waals surface area contributed by atoms with Gasteiger partial charge in [0.1, 0.15) is 11.6 Å². The van der Waals surface area contributed by atoms with Gasteiger partial charge >= 0.3 is 0 Å². The molecule has 1 fully saturated rings. The highest BCUT2D eigenvalue weighted by Crippen LogP contribution is 2.49. The van der Waals surface area contributed by atoms with Crippen LogP contribution in [0, 0.1) is 23.0 Å². The average Bonchev–Trinajstić information content (AvgIpc) is 2.69. The molecule has 1 aromatic rings. The summed E-state index contributed by atoms with van der Waals surface area (Å²) in [5, 5.41) is 0. The van der Waals surface area contributed by atoms with E-state index in [4.69, 9.17) is 5.84 Å². The molecule has 5 heteroatoms. The van der Waals surface area contributed by atoms with E-state index in [1.54, 1.807) is 0 Å². The smallest absolute Gasteiger partial charge is 0.145 e.